The first-order valence-corrected chi connectivity index (χ1v) is 9.87. The van der Waals surface area contributed by atoms with Gasteiger partial charge < -0.3 is 15.1 Å². The molecule has 3 N–H and O–H groups in total. The maximum absolute atomic E-state index is 9.10. The second-order valence-electron chi connectivity index (χ2n) is 5.37. The number of fused-ring (bicyclic) bond motifs is 4. The maximum Gasteiger partial charge on any atom is 0.159 e. The van der Waals surface area contributed by atoms with E-state index in [1.807, 2.05) is 6.07 Å². The van der Waals surface area contributed by atoms with Gasteiger partial charge in [-0.25, -0.2) is 0 Å². The van der Waals surface area contributed by atoms with E-state index < -0.39 is 0 Å². The smallest absolute Gasteiger partial charge is 0.159 e. The highest BCUT2D eigenvalue weighted by Gasteiger charge is 2.01. The minimum absolute atomic E-state index is 0.280. The third-order valence-corrected chi connectivity index (χ3v) is 6.12. The van der Waals surface area contributed by atoms with Crippen LogP contribution in [0.15, 0.2) is 54.6 Å². The molecule has 0 aliphatic carbocycles. The molecule has 25 heavy (non-hydrogen) atoms. The van der Waals surface area contributed by atoms with Crippen LogP contribution in [0.25, 0.3) is 31.2 Å². The average Bonchev–Trinajstić information content (AvgIpc) is 3.16. The van der Waals surface area contributed by atoms with Gasteiger partial charge in [-0.2, -0.15) is 0 Å². The molecule has 0 atom stereocenters. The first kappa shape index (κ1) is 16.4. The lowest BCUT2D eigenvalue weighted by Crippen LogP contribution is -1.73. The quantitative estimate of drug-likeness (QED) is 0.251. The van der Waals surface area contributed by atoms with Gasteiger partial charge >= 0.3 is 0 Å². The summed E-state index contributed by atoms with van der Waals surface area (Å²) in [6, 6.07) is 17.7. The molecular weight excluding hydrogens is 388 g/mol. The molecule has 3 nitrogen and oxygen atoms in total. The molecule has 5 aromatic rings. The summed E-state index contributed by atoms with van der Waals surface area (Å²) in [6.45, 7) is 0. The Kier molecular flexibility index (Phi) is 4.39. The summed E-state index contributed by atoms with van der Waals surface area (Å²) in [5.41, 5.74) is 2.15. The predicted molar refractivity (Wildman–Crippen MR) is 113 cm³/mol. The molecule has 0 radical (unpaired) electrons. The van der Waals surface area contributed by atoms with Crippen molar-refractivity contribution >= 4 is 78.3 Å². The Morgan fingerprint density at radius 1 is 0.800 bits per heavy atom. The highest BCUT2D eigenvalue weighted by molar-refractivity contribution is 7.74. The van der Waals surface area contributed by atoms with Gasteiger partial charge in [-0.3, -0.25) is 0 Å². The van der Waals surface area contributed by atoms with Gasteiger partial charge in [0, 0.05) is 5.39 Å². The fourth-order valence-corrected chi connectivity index (χ4v) is 4.90. The van der Waals surface area contributed by atoms with Crippen LogP contribution in [-0.2, 0) is 0 Å². The van der Waals surface area contributed by atoms with Crippen molar-refractivity contribution in [1.82, 2.24) is 9.97 Å². The topological polar surface area (TPSA) is 51.8 Å². The van der Waals surface area contributed by atoms with Crippen molar-refractivity contribution in [2.75, 3.05) is 0 Å². The Labute approximate surface area is 161 Å². The molecule has 2 heterocycles. The largest absolute Gasteiger partial charge is 0.508 e. The molecule has 0 unspecified atom stereocenters. The van der Waals surface area contributed by atoms with Gasteiger partial charge in [0.25, 0.3) is 0 Å². The molecule has 0 aliphatic heterocycles. The standard InChI is InChI=1S/C11H7NS2.C7H5NOS2/c13-11-12-10-8-4-2-1-3-7(8)5-6-9(10)14-11;9-4-1-2-5-6(3-4)11-7(10)8-5/h1-6H,(H,12,13);1-3,9H,(H,8,10). The molecule has 0 aliphatic rings. The van der Waals surface area contributed by atoms with Crippen molar-refractivity contribution in [2.45, 2.75) is 0 Å². The Bertz CT molecular complexity index is 1310. The summed E-state index contributed by atoms with van der Waals surface area (Å²) in [5.74, 6) is 0.280. The number of thiazole rings is 2. The zero-order chi connectivity index (χ0) is 17.4. The van der Waals surface area contributed by atoms with E-state index in [2.05, 4.69) is 46.4 Å². The van der Waals surface area contributed by atoms with Gasteiger partial charge in [0.15, 0.2) is 7.91 Å². The summed E-state index contributed by atoms with van der Waals surface area (Å²) < 4.78 is 3.81. The van der Waals surface area contributed by atoms with Gasteiger partial charge in [-0.15, -0.1) is 22.7 Å². The molecule has 0 amide bonds. The van der Waals surface area contributed by atoms with E-state index in [1.54, 1.807) is 23.5 Å². The van der Waals surface area contributed by atoms with Crippen molar-refractivity contribution in [3.05, 3.63) is 62.5 Å². The van der Waals surface area contributed by atoms with Crippen LogP contribution in [-0.4, -0.2) is 15.1 Å². The van der Waals surface area contributed by atoms with E-state index in [4.69, 9.17) is 29.5 Å². The molecule has 2 aromatic heterocycles. The lowest BCUT2D eigenvalue weighted by atomic mass is 10.1. The molecule has 0 saturated carbocycles. The van der Waals surface area contributed by atoms with E-state index in [0.717, 1.165) is 23.6 Å². The minimum Gasteiger partial charge on any atom is -0.508 e. The summed E-state index contributed by atoms with van der Waals surface area (Å²) in [7, 11) is 0. The number of phenolic OH excluding ortho intramolecular Hbond substituents is 1. The molecule has 0 saturated heterocycles. The second kappa shape index (κ2) is 6.68. The third kappa shape index (κ3) is 3.36. The van der Waals surface area contributed by atoms with Crippen LogP contribution in [0.1, 0.15) is 0 Å². The van der Waals surface area contributed by atoms with Crippen molar-refractivity contribution in [3.63, 3.8) is 0 Å². The summed E-state index contributed by atoms with van der Waals surface area (Å²) in [6.07, 6.45) is 0. The predicted octanol–water partition coefficient (Wildman–Crippen LogP) is 6.78. The van der Waals surface area contributed by atoms with Crippen molar-refractivity contribution in [1.29, 1.82) is 0 Å². The highest BCUT2D eigenvalue weighted by Crippen LogP contribution is 2.27. The second-order valence-corrected chi connectivity index (χ2v) is 8.81. The molecule has 5 rings (SSSR count). The molecule has 3 aromatic carbocycles. The van der Waals surface area contributed by atoms with Crippen LogP contribution < -0.4 is 0 Å². The van der Waals surface area contributed by atoms with Crippen molar-refractivity contribution < 1.29 is 5.11 Å². The van der Waals surface area contributed by atoms with Gasteiger partial charge in [-0.05, 0) is 54.1 Å². The number of benzene rings is 3. The number of phenols is 1. The van der Waals surface area contributed by atoms with E-state index in [1.165, 1.54) is 26.8 Å². The summed E-state index contributed by atoms with van der Waals surface area (Å²) in [5, 5.41) is 11.6. The van der Waals surface area contributed by atoms with Crippen LogP contribution in [0.4, 0.5) is 0 Å². The number of hydrogen-bond donors (Lipinski definition) is 3. The van der Waals surface area contributed by atoms with Gasteiger partial charge in [0.2, 0.25) is 0 Å². The Balaban J connectivity index is 0.000000129. The molecule has 0 bridgehead atoms. The SMILES string of the molecule is Oc1ccc2[nH]c(=S)sc2c1.S=c1[nH]c2c(ccc3ccccc32)s1. The number of hydrogen-bond acceptors (Lipinski definition) is 5. The van der Waals surface area contributed by atoms with E-state index in [9.17, 15) is 0 Å². The van der Waals surface area contributed by atoms with Crippen LogP contribution in [0, 0.1) is 7.91 Å². The van der Waals surface area contributed by atoms with Gasteiger partial charge in [0.1, 0.15) is 5.75 Å². The first-order valence-electron chi connectivity index (χ1n) is 7.42. The normalized spacial score (nSPS) is 10.9. The number of aromatic hydroxyl groups is 1. The number of aromatic nitrogens is 2. The molecule has 124 valence electrons. The average molecular weight is 401 g/mol. The summed E-state index contributed by atoms with van der Waals surface area (Å²) in [4.78, 5) is 6.24. The van der Waals surface area contributed by atoms with Crippen molar-refractivity contribution in [3.8, 4) is 5.75 Å². The van der Waals surface area contributed by atoms with Gasteiger partial charge in [0.05, 0.1) is 20.4 Å². The molecule has 0 fully saturated rings. The monoisotopic (exact) mass is 400 g/mol. The van der Waals surface area contributed by atoms with Crippen LogP contribution >= 0.6 is 47.1 Å². The fourth-order valence-electron chi connectivity index (χ4n) is 2.63. The number of aromatic amines is 2. The minimum atomic E-state index is 0.280. The fraction of sp³-hybridized carbons (Fsp3) is 0. The maximum atomic E-state index is 9.10. The first-order chi connectivity index (χ1) is 12.1. The lowest BCUT2D eigenvalue weighted by molar-refractivity contribution is 0.476. The van der Waals surface area contributed by atoms with Crippen LogP contribution in [0.2, 0.25) is 0 Å². The zero-order valence-corrected chi connectivity index (χ0v) is 16.0. The molecule has 0 spiro atoms. The lowest BCUT2D eigenvalue weighted by Gasteiger charge is -1.97. The number of rotatable bonds is 0. The van der Waals surface area contributed by atoms with Gasteiger partial charge in [-0.1, -0.05) is 30.3 Å². The van der Waals surface area contributed by atoms with Crippen molar-refractivity contribution in [2.24, 2.45) is 0 Å². The van der Waals surface area contributed by atoms with Crippen LogP contribution in [0.5, 0.6) is 5.75 Å². The van der Waals surface area contributed by atoms with Crippen LogP contribution in [0.3, 0.4) is 0 Å². The van der Waals surface area contributed by atoms with E-state index in [-0.39, 0.29) is 5.75 Å². The number of nitrogens with one attached hydrogen (secondary N) is 2. The number of H-pyrrole nitrogens is 2. The molecule has 7 heteroatoms. The highest BCUT2D eigenvalue weighted by atomic mass is 32.2. The van der Waals surface area contributed by atoms with E-state index >= 15 is 0 Å². The Morgan fingerprint density at radius 2 is 1.56 bits per heavy atom. The molecular formula is C18H12N2OS4. The summed E-state index contributed by atoms with van der Waals surface area (Å²) >= 11 is 13.2. The zero-order valence-electron chi connectivity index (χ0n) is 12.8. The Morgan fingerprint density at radius 3 is 2.44 bits per heavy atom. The third-order valence-electron chi connectivity index (χ3n) is 3.73. The Hall–Kier alpha value is -2.06. The van der Waals surface area contributed by atoms with E-state index in [0.29, 0.717) is 0 Å².